The van der Waals surface area contributed by atoms with Gasteiger partial charge < -0.3 is 19.5 Å². The standard InChI is InChI=1S/C21H25N3O6S/c1-21(2,3)30-20(26)17-14-6-7-23(4)11-16(14)31-19(17)22-10-12-8-13(24(27)28)9-15(29-5)18(12)25/h8-10,25H,6-7,11H2,1-5H3. The molecule has 1 aromatic heterocycles. The number of nitro groups is 1. The molecule has 0 amide bonds. The highest BCUT2D eigenvalue weighted by Crippen LogP contribution is 2.40. The summed E-state index contributed by atoms with van der Waals surface area (Å²) in [4.78, 5) is 31.2. The third kappa shape index (κ3) is 5.02. The van der Waals surface area contributed by atoms with Crippen molar-refractivity contribution in [1.82, 2.24) is 4.90 Å². The summed E-state index contributed by atoms with van der Waals surface area (Å²) in [6.07, 6.45) is 2.00. The van der Waals surface area contributed by atoms with Crippen LogP contribution in [-0.4, -0.2) is 53.4 Å². The predicted molar refractivity (Wildman–Crippen MR) is 118 cm³/mol. The van der Waals surface area contributed by atoms with E-state index in [-0.39, 0.29) is 22.7 Å². The van der Waals surface area contributed by atoms with E-state index in [2.05, 4.69) is 9.89 Å². The van der Waals surface area contributed by atoms with Crippen molar-refractivity contribution in [2.24, 2.45) is 4.99 Å². The molecule has 0 fully saturated rings. The number of carbonyl (C=O) groups is 1. The number of rotatable bonds is 5. The second-order valence-corrected chi connectivity index (χ2v) is 9.36. The number of hydrogen-bond donors (Lipinski definition) is 1. The number of phenolic OH excluding ortho intramolecular Hbond substituents is 1. The minimum atomic E-state index is -0.663. The fraction of sp³-hybridized carbons (Fsp3) is 0.429. The Morgan fingerprint density at radius 3 is 2.71 bits per heavy atom. The number of aromatic hydroxyl groups is 1. The van der Waals surface area contributed by atoms with Gasteiger partial charge in [0.25, 0.3) is 5.69 Å². The lowest BCUT2D eigenvalue weighted by Gasteiger charge is -2.23. The van der Waals surface area contributed by atoms with Crippen LogP contribution < -0.4 is 4.74 Å². The van der Waals surface area contributed by atoms with Gasteiger partial charge in [-0.2, -0.15) is 0 Å². The molecular weight excluding hydrogens is 422 g/mol. The minimum Gasteiger partial charge on any atom is -0.504 e. The number of nitro benzene ring substituents is 1. The van der Waals surface area contributed by atoms with Crippen molar-refractivity contribution in [3.05, 3.63) is 43.8 Å². The van der Waals surface area contributed by atoms with E-state index in [9.17, 15) is 20.0 Å². The molecule has 1 aromatic carbocycles. The fourth-order valence-corrected chi connectivity index (χ4v) is 4.51. The number of fused-ring (bicyclic) bond motifs is 1. The summed E-state index contributed by atoms with van der Waals surface area (Å²) in [6, 6.07) is 2.34. The molecule has 0 saturated carbocycles. The Labute approximate surface area is 184 Å². The summed E-state index contributed by atoms with van der Waals surface area (Å²) in [5.41, 5.74) is 0.547. The number of hydrogen-bond acceptors (Lipinski definition) is 9. The Balaban J connectivity index is 2.07. The van der Waals surface area contributed by atoms with E-state index in [0.717, 1.165) is 23.1 Å². The Morgan fingerprint density at radius 2 is 2.10 bits per heavy atom. The quantitative estimate of drug-likeness (QED) is 0.318. The molecule has 166 valence electrons. The van der Waals surface area contributed by atoms with Gasteiger partial charge in [0.1, 0.15) is 10.6 Å². The smallest absolute Gasteiger partial charge is 0.342 e. The minimum absolute atomic E-state index is 0.0323. The number of esters is 1. The van der Waals surface area contributed by atoms with Crippen LogP contribution in [0.15, 0.2) is 17.1 Å². The average Bonchev–Trinajstić information content (AvgIpc) is 3.03. The largest absolute Gasteiger partial charge is 0.504 e. The maximum Gasteiger partial charge on any atom is 0.342 e. The van der Waals surface area contributed by atoms with Crippen LogP contribution in [0.4, 0.5) is 10.7 Å². The van der Waals surface area contributed by atoms with Gasteiger partial charge in [-0.3, -0.25) is 10.1 Å². The number of non-ortho nitro benzene ring substituents is 1. The van der Waals surface area contributed by atoms with Gasteiger partial charge in [-0.1, -0.05) is 0 Å². The molecule has 3 rings (SSSR count). The number of methoxy groups -OCH3 is 1. The third-order valence-electron chi connectivity index (χ3n) is 4.67. The number of phenols is 1. The SMILES string of the molecule is COc1cc([N+](=O)[O-])cc(C=Nc2sc3c(c2C(=O)OC(C)(C)C)CCN(C)C3)c1O. The molecule has 0 unspecified atom stereocenters. The third-order valence-corrected chi connectivity index (χ3v) is 5.80. The topological polar surface area (TPSA) is 115 Å². The summed E-state index contributed by atoms with van der Waals surface area (Å²) in [5, 5.41) is 22.0. The van der Waals surface area contributed by atoms with Gasteiger partial charge >= 0.3 is 5.97 Å². The molecule has 31 heavy (non-hydrogen) atoms. The van der Waals surface area contributed by atoms with E-state index in [1.807, 2.05) is 7.05 Å². The number of ether oxygens (including phenoxy) is 2. The van der Waals surface area contributed by atoms with Crippen LogP contribution in [0.3, 0.4) is 0 Å². The number of nitrogens with zero attached hydrogens (tertiary/aromatic N) is 3. The Morgan fingerprint density at radius 1 is 1.39 bits per heavy atom. The van der Waals surface area contributed by atoms with Crippen LogP contribution in [-0.2, 0) is 17.7 Å². The van der Waals surface area contributed by atoms with Crippen LogP contribution in [0.2, 0.25) is 0 Å². The zero-order valence-electron chi connectivity index (χ0n) is 18.1. The van der Waals surface area contributed by atoms with E-state index in [0.29, 0.717) is 23.5 Å². The van der Waals surface area contributed by atoms with Gasteiger partial charge in [-0.05, 0) is 39.8 Å². The molecule has 9 nitrogen and oxygen atoms in total. The molecule has 1 N–H and O–H groups in total. The highest BCUT2D eigenvalue weighted by molar-refractivity contribution is 7.16. The zero-order valence-corrected chi connectivity index (χ0v) is 18.9. The molecule has 0 saturated heterocycles. The van der Waals surface area contributed by atoms with Crippen LogP contribution >= 0.6 is 11.3 Å². The van der Waals surface area contributed by atoms with Gasteiger partial charge in [0.15, 0.2) is 11.5 Å². The number of benzene rings is 1. The van der Waals surface area contributed by atoms with Crippen LogP contribution in [0, 0.1) is 10.1 Å². The van der Waals surface area contributed by atoms with Gasteiger partial charge in [-0.25, -0.2) is 9.79 Å². The lowest BCUT2D eigenvalue weighted by Crippen LogP contribution is -2.28. The van der Waals surface area contributed by atoms with Crippen molar-refractivity contribution in [3.63, 3.8) is 0 Å². The first-order chi connectivity index (χ1) is 14.5. The molecule has 1 aliphatic heterocycles. The van der Waals surface area contributed by atoms with E-state index in [1.165, 1.54) is 30.7 Å². The number of aliphatic imine (C=N–C) groups is 1. The monoisotopic (exact) mass is 447 g/mol. The molecule has 0 bridgehead atoms. The van der Waals surface area contributed by atoms with E-state index >= 15 is 0 Å². The first kappa shape index (κ1) is 22.7. The Hall–Kier alpha value is -2.98. The second kappa shape index (κ2) is 8.64. The Kier molecular flexibility index (Phi) is 6.33. The highest BCUT2D eigenvalue weighted by Gasteiger charge is 2.30. The van der Waals surface area contributed by atoms with Crippen LogP contribution in [0.1, 0.15) is 47.1 Å². The molecular formula is C21H25N3O6S. The summed E-state index contributed by atoms with van der Waals surface area (Å²) >= 11 is 1.38. The van der Waals surface area contributed by atoms with Crippen molar-refractivity contribution >= 4 is 34.2 Å². The zero-order chi connectivity index (χ0) is 22.9. The molecule has 1 aliphatic rings. The molecule has 0 atom stereocenters. The van der Waals surface area contributed by atoms with E-state index in [1.54, 1.807) is 20.8 Å². The van der Waals surface area contributed by atoms with Crippen LogP contribution in [0.5, 0.6) is 11.5 Å². The summed E-state index contributed by atoms with van der Waals surface area (Å²) in [6.45, 7) is 6.91. The fourth-order valence-electron chi connectivity index (χ4n) is 3.25. The summed E-state index contributed by atoms with van der Waals surface area (Å²) in [5.74, 6) is -0.755. The molecule has 0 aliphatic carbocycles. The Bertz CT molecular complexity index is 1050. The second-order valence-electron chi connectivity index (χ2n) is 8.27. The molecule has 0 spiro atoms. The maximum atomic E-state index is 13.0. The average molecular weight is 448 g/mol. The summed E-state index contributed by atoms with van der Waals surface area (Å²) in [7, 11) is 3.32. The molecule has 2 aromatic rings. The number of carbonyl (C=O) groups excluding carboxylic acids is 1. The van der Waals surface area contributed by atoms with Gasteiger partial charge in [-0.15, -0.1) is 11.3 Å². The van der Waals surface area contributed by atoms with Gasteiger partial charge in [0.2, 0.25) is 0 Å². The van der Waals surface area contributed by atoms with Gasteiger partial charge in [0.05, 0.1) is 23.7 Å². The highest BCUT2D eigenvalue weighted by atomic mass is 32.1. The summed E-state index contributed by atoms with van der Waals surface area (Å²) < 4.78 is 10.6. The van der Waals surface area contributed by atoms with Crippen molar-refractivity contribution in [3.8, 4) is 11.5 Å². The van der Waals surface area contributed by atoms with Crippen molar-refractivity contribution in [1.29, 1.82) is 0 Å². The van der Waals surface area contributed by atoms with Crippen molar-refractivity contribution < 1.29 is 24.3 Å². The number of thiophene rings is 1. The lowest BCUT2D eigenvalue weighted by molar-refractivity contribution is -0.385. The molecule has 2 heterocycles. The normalized spacial score (nSPS) is 14.5. The van der Waals surface area contributed by atoms with E-state index in [4.69, 9.17) is 9.47 Å². The van der Waals surface area contributed by atoms with Gasteiger partial charge in [0, 0.05) is 35.8 Å². The molecule has 10 heteroatoms. The predicted octanol–water partition coefficient (Wildman–Crippen LogP) is 4.06. The van der Waals surface area contributed by atoms with Crippen molar-refractivity contribution in [2.45, 2.75) is 39.3 Å². The first-order valence-electron chi connectivity index (χ1n) is 9.66. The number of likely N-dealkylation sites (N-methyl/N-ethyl adjacent to an activating group) is 1. The van der Waals surface area contributed by atoms with E-state index < -0.39 is 16.5 Å². The molecule has 0 radical (unpaired) electrons. The van der Waals surface area contributed by atoms with Crippen molar-refractivity contribution in [2.75, 3.05) is 20.7 Å². The van der Waals surface area contributed by atoms with Crippen LogP contribution in [0.25, 0.3) is 0 Å². The maximum absolute atomic E-state index is 13.0. The lowest BCUT2D eigenvalue weighted by atomic mass is 10.0. The first-order valence-corrected chi connectivity index (χ1v) is 10.5.